The molecule has 0 aliphatic rings. The number of aromatic nitrogens is 1. The molecule has 7 heteroatoms. The highest BCUT2D eigenvalue weighted by atomic mass is 35.5. The first-order chi connectivity index (χ1) is 11.0. The lowest BCUT2D eigenvalue weighted by Crippen LogP contribution is -2.26. The summed E-state index contributed by atoms with van der Waals surface area (Å²) in [6, 6.07) is 10.4. The molecule has 2 aromatic rings. The SMILES string of the molecule is NC(=O)c1nc(N)ccc1CNC(=O)[CH]Cc1cccc(Cl)c1. The van der Waals surface area contributed by atoms with Crippen LogP contribution in [0.25, 0.3) is 0 Å². The van der Waals surface area contributed by atoms with Crippen molar-refractivity contribution in [2.45, 2.75) is 13.0 Å². The van der Waals surface area contributed by atoms with Crippen LogP contribution < -0.4 is 16.8 Å². The molecule has 1 aromatic heterocycles. The topological polar surface area (TPSA) is 111 Å². The number of halogens is 1. The maximum Gasteiger partial charge on any atom is 0.267 e. The van der Waals surface area contributed by atoms with Crippen molar-refractivity contribution in [3.05, 3.63) is 64.7 Å². The van der Waals surface area contributed by atoms with E-state index >= 15 is 0 Å². The number of carbonyl (C=O) groups excluding carboxylic acids is 2. The molecule has 23 heavy (non-hydrogen) atoms. The fourth-order valence-electron chi connectivity index (χ4n) is 1.99. The first-order valence-corrected chi connectivity index (χ1v) is 7.24. The van der Waals surface area contributed by atoms with Gasteiger partial charge < -0.3 is 16.8 Å². The average Bonchev–Trinajstić information content (AvgIpc) is 2.51. The predicted octanol–water partition coefficient (Wildman–Crippen LogP) is 1.48. The van der Waals surface area contributed by atoms with Gasteiger partial charge >= 0.3 is 0 Å². The quantitative estimate of drug-likeness (QED) is 0.744. The number of hydrogen-bond acceptors (Lipinski definition) is 4. The summed E-state index contributed by atoms with van der Waals surface area (Å²) in [6.45, 7) is 0.135. The van der Waals surface area contributed by atoms with Gasteiger partial charge in [0.15, 0.2) is 0 Å². The van der Waals surface area contributed by atoms with E-state index in [1.54, 1.807) is 24.3 Å². The highest BCUT2D eigenvalue weighted by Gasteiger charge is 2.11. The summed E-state index contributed by atoms with van der Waals surface area (Å²) < 4.78 is 0. The third kappa shape index (κ3) is 4.96. The zero-order valence-corrected chi connectivity index (χ0v) is 13.0. The van der Waals surface area contributed by atoms with E-state index in [0.717, 1.165) is 5.56 Å². The van der Waals surface area contributed by atoms with Crippen LogP contribution in [0.4, 0.5) is 5.82 Å². The molecular weight excluding hydrogens is 316 g/mol. The molecule has 0 saturated heterocycles. The summed E-state index contributed by atoms with van der Waals surface area (Å²) in [6.07, 6.45) is 1.95. The van der Waals surface area contributed by atoms with Crippen molar-refractivity contribution in [3.63, 3.8) is 0 Å². The van der Waals surface area contributed by atoms with E-state index in [1.165, 1.54) is 6.42 Å². The lowest BCUT2D eigenvalue weighted by Gasteiger charge is -2.08. The van der Waals surface area contributed by atoms with Crippen LogP contribution in [0.2, 0.25) is 5.02 Å². The van der Waals surface area contributed by atoms with Gasteiger partial charge in [-0.15, -0.1) is 0 Å². The third-order valence-corrected chi connectivity index (χ3v) is 3.33. The van der Waals surface area contributed by atoms with Crippen molar-refractivity contribution in [2.24, 2.45) is 5.73 Å². The number of primary amides is 1. The molecule has 0 aliphatic heterocycles. The second-order valence-electron chi connectivity index (χ2n) is 4.86. The molecule has 0 spiro atoms. The molecule has 2 amide bonds. The number of hydrogen-bond donors (Lipinski definition) is 3. The van der Waals surface area contributed by atoms with Gasteiger partial charge in [0.1, 0.15) is 11.5 Å². The average molecular weight is 332 g/mol. The van der Waals surface area contributed by atoms with Gasteiger partial charge in [-0.3, -0.25) is 9.59 Å². The molecule has 1 aromatic carbocycles. The van der Waals surface area contributed by atoms with Gasteiger partial charge in [0.25, 0.3) is 5.91 Å². The maximum absolute atomic E-state index is 11.9. The molecule has 2 rings (SSSR count). The second kappa shape index (κ2) is 7.60. The number of nitrogens with zero attached hydrogens (tertiary/aromatic N) is 1. The van der Waals surface area contributed by atoms with E-state index in [4.69, 9.17) is 23.1 Å². The Morgan fingerprint density at radius 3 is 2.74 bits per heavy atom. The molecule has 1 heterocycles. The van der Waals surface area contributed by atoms with Gasteiger partial charge in [-0.05, 0) is 30.2 Å². The minimum Gasteiger partial charge on any atom is -0.384 e. The van der Waals surface area contributed by atoms with E-state index in [9.17, 15) is 9.59 Å². The van der Waals surface area contributed by atoms with E-state index in [-0.39, 0.29) is 24.0 Å². The first kappa shape index (κ1) is 16.8. The number of carbonyl (C=O) groups is 2. The predicted molar refractivity (Wildman–Crippen MR) is 88.5 cm³/mol. The van der Waals surface area contributed by atoms with E-state index in [0.29, 0.717) is 17.0 Å². The Balaban J connectivity index is 1.91. The van der Waals surface area contributed by atoms with Crippen LogP contribution in [0.3, 0.4) is 0 Å². The summed E-state index contributed by atoms with van der Waals surface area (Å²) in [5.74, 6) is -0.761. The number of benzene rings is 1. The van der Waals surface area contributed by atoms with E-state index in [1.807, 2.05) is 12.1 Å². The summed E-state index contributed by atoms with van der Waals surface area (Å²) in [5, 5.41) is 3.30. The minimum atomic E-state index is -0.690. The molecule has 0 aliphatic carbocycles. The zero-order chi connectivity index (χ0) is 16.8. The lowest BCUT2D eigenvalue weighted by molar-refractivity contribution is -0.118. The minimum absolute atomic E-state index is 0.0557. The Bertz CT molecular complexity index is 734. The third-order valence-electron chi connectivity index (χ3n) is 3.10. The van der Waals surface area contributed by atoms with Gasteiger partial charge in [-0.1, -0.05) is 29.8 Å². The smallest absolute Gasteiger partial charge is 0.267 e. The number of pyridine rings is 1. The molecule has 1 radical (unpaired) electrons. The number of amides is 2. The summed E-state index contributed by atoms with van der Waals surface area (Å²) in [7, 11) is 0. The van der Waals surface area contributed by atoms with Gasteiger partial charge in [-0.25, -0.2) is 4.98 Å². The molecule has 0 bridgehead atoms. The molecule has 0 unspecified atom stereocenters. The molecular formula is C16H16ClN4O2. The number of nitrogens with two attached hydrogens (primary N) is 2. The Hall–Kier alpha value is -2.60. The van der Waals surface area contributed by atoms with E-state index < -0.39 is 5.91 Å². The monoisotopic (exact) mass is 331 g/mol. The van der Waals surface area contributed by atoms with Gasteiger partial charge in [0, 0.05) is 17.1 Å². The van der Waals surface area contributed by atoms with Crippen molar-refractivity contribution >= 4 is 29.2 Å². The highest BCUT2D eigenvalue weighted by Crippen LogP contribution is 2.12. The Labute approximate surface area is 138 Å². The molecule has 6 nitrogen and oxygen atoms in total. The molecule has 5 N–H and O–H groups in total. The zero-order valence-electron chi connectivity index (χ0n) is 12.3. The van der Waals surface area contributed by atoms with Crippen LogP contribution in [-0.4, -0.2) is 16.8 Å². The second-order valence-corrected chi connectivity index (χ2v) is 5.30. The molecule has 0 atom stereocenters. The Kier molecular flexibility index (Phi) is 5.54. The van der Waals surface area contributed by atoms with Crippen LogP contribution in [-0.2, 0) is 17.8 Å². The molecule has 0 fully saturated rings. The van der Waals surface area contributed by atoms with Crippen molar-refractivity contribution in [2.75, 3.05) is 5.73 Å². The van der Waals surface area contributed by atoms with Crippen molar-refractivity contribution in [3.8, 4) is 0 Å². The van der Waals surface area contributed by atoms with Crippen LogP contribution in [0, 0.1) is 6.42 Å². The van der Waals surface area contributed by atoms with Crippen LogP contribution in [0.5, 0.6) is 0 Å². The van der Waals surface area contributed by atoms with E-state index in [2.05, 4.69) is 10.3 Å². The fourth-order valence-corrected chi connectivity index (χ4v) is 2.20. The number of anilines is 1. The van der Waals surface area contributed by atoms with Crippen molar-refractivity contribution < 1.29 is 9.59 Å². The lowest BCUT2D eigenvalue weighted by atomic mass is 10.1. The largest absolute Gasteiger partial charge is 0.384 e. The normalized spacial score (nSPS) is 10.3. The number of nitrogens with one attached hydrogen (secondary N) is 1. The van der Waals surface area contributed by atoms with Gasteiger partial charge in [0.05, 0.1) is 6.42 Å². The van der Waals surface area contributed by atoms with Gasteiger partial charge in [-0.2, -0.15) is 0 Å². The fraction of sp³-hybridized carbons (Fsp3) is 0.125. The maximum atomic E-state index is 11.9. The molecule has 119 valence electrons. The first-order valence-electron chi connectivity index (χ1n) is 6.86. The van der Waals surface area contributed by atoms with Crippen LogP contribution in [0.1, 0.15) is 21.6 Å². The Morgan fingerprint density at radius 1 is 1.26 bits per heavy atom. The highest BCUT2D eigenvalue weighted by molar-refractivity contribution is 6.30. The Morgan fingerprint density at radius 2 is 2.04 bits per heavy atom. The van der Waals surface area contributed by atoms with Crippen LogP contribution >= 0.6 is 11.6 Å². The summed E-state index contributed by atoms with van der Waals surface area (Å²) in [4.78, 5) is 27.1. The molecule has 0 saturated carbocycles. The summed E-state index contributed by atoms with van der Waals surface area (Å²) in [5.41, 5.74) is 12.3. The van der Waals surface area contributed by atoms with Crippen molar-refractivity contribution in [1.82, 2.24) is 10.3 Å². The number of rotatable bonds is 6. The van der Waals surface area contributed by atoms with Gasteiger partial charge in [0.2, 0.25) is 5.91 Å². The van der Waals surface area contributed by atoms with Crippen LogP contribution in [0.15, 0.2) is 36.4 Å². The van der Waals surface area contributed by atoms with Crippen molar-refractivity contribution in [1.29, 1.82) is 0 Å². The standard InChI is InChI=1S/C16H16ClN4O2/c17-12-3-1-2-10(8-12)4-7-14(22)20-9-11-5-6-13(18)21-15(11)16(19)23/h1-3,5-8H,4,9H2,(H2,18,21)(H2,19,23)(H,20,22). The summed E-state index contributed by atoms with van der Waals surface area (Å²) >= 11 is 5.89. The number of nitrogen functional groups attached to an aromatic ring is 1.